The van der Waals surface area contributed by atoms with Crippen LogP contribution in [0.25, 0.3) is 11.0 Å². The number of carbonyl (C=O) groups is 1. The number of thioether (sulfide) groups is 1. The molecule has 0 aliphatic rings. The molecule has 2 heterocycles. The number of hydrogen-bond acceptors (Lipinski definition) is 7. The molecule has 0 aliphatic heterocycles. The van der Waals surface area contributed by atoms with Gasteiger partial charge in [-0.25, -0.2) is 28.1 Å². The number of hydrogen-bond donors (Lipinski definition) is 3. The SMILES string of the molecule is O=C(CSc1nc2ccccc2[nH]1)Nc1ccc(S(=O)(=O)Nc2ncccn2)cc1. The maximum Gasteiger partial charge on any atom is 0.264 e. The highest BCUT2D eigenvalue weighted by molar-refractivity contribution is 7.99. The van der Waals surface area contributed by atoms with Gasteiger partial charge in [0.1, 0.15) is 0 Å². The van der Waals surface area contributed by atoms with E-state index in [1.54, 1.807) is 6.07 Å². The van der Waals surface area contributed by atoms with Crippen LogP contribution in [0.2, 0.25) is 0 Å². The first-order chi connectivity index (χ1) is 14.5. The minimum absolute atomic E-state index is 0.0162. The van der Waals surface area contributed by atoms with Crippen LogP contribution in [-0.4, -0.2) is 40.0 Å². The number of H-pyrrole nitrogens is 1. The molecular weight excluding hydrogens is 424 g/mol. The molecule has 3 N–H and O–H groups in total. The van der Waals surface area contributed by atoms with Crippen molar-refractivity contribution in [3.63, 3.8) is 0 Å². The molecule has 2 aromatic heterocycles. The zero-order valence-electron chi connectivity index (χ0n) is 15.4. The van der Waals surface area contributed by atoms with Gasteiger partial charge in [-0.05, 0) is 42.5 Å². The van der Waals surface area contributed by atoms with Gasteiger partial charge in [0.2, 0.25) is 11.9 Å². The Morgan fingerprint density at radius 3 is 2.47 bits per heavy atom. The second-order valence-corrected chi connectivity index (χ2v) is 8.74. The molecule has 0 saturated carbocycles. The van der Waals surface area contributed by atoms with Gasteiger partial charge < -0.3 is 10.3 Å². The van der Waals surface area contributed by atoms with Crippen LogP contribution in [0.3, 0.4) is 0 Å². The summed E-state index contributed by atoms with van der Waals surface area (Å²) in [6.07, 6.45) is 2.87. The summed E-state index contributed by atoms with van der Waals surface area (Å²) in [5, 5.41) is 3.39. The number of anilines is 2. The number of aromatic amines is 1. The third kappa shape index (κ3) is 4.75. The Balaban J connectivity index is 1.35. The first-order valence-corrected chi connectivity index (χ1v) is 11.2. The third-order valence-corrected chi connectivity index (χ3v) is 6.16. The number of rotatable bonds is 7. The fourth-order valence-electron chi connectivity index (χ4n) is 2.58. The van der Waals surface area contributed by atoms with Crippen LogP contribution in [0.15, 0.2) is 77.0 Å². The highest BCUT2D eigenvalue weighted by atomic mass is 32.2. The normalized spacial score (nSPS) is 11.3. The predicted octanol–water partition coefficient (Wildman–Crippen LogP) is 2.88. The minimum atomic E-state index is -3.82. The lowest BCUT2D eigenvalue weighted by molar-refractivity contribution is -0.113. The number of sulfonamides is 1. The number of nitrogens with zero attached hydrogens (tertiary/aromatic N) is 3. The average Bonchev–Trinajstić information content (AvgIpc) is 3.16. The molecule has 2 aromatic carbocycles. The Morgan fingerprint density at radius 2 is 1.73 bits per heavy atom. The van der Waals surface area contributed by atoms with Gasteiger partial charge in [-0.3, -0.25) is 4.79 Å². The van der Waals surface area contributed by atoms with Crippen LogP contribution in [-0.2, 0) is 14.8 Å². The molecule has 0 radical (unpaired) electrons. The number of carbonyl (C=O) groups excluding carboxylic acids is 1. The molecule has 0 bridgehead atoms. The maximum absolute atomic E-state index is 12.4. The standard InChI is InChI=1S/C19H16N6O3S2/c26-17(12-29-19-23-15-4-1-2-5-16(15)24-19)22-13-6-8-14(9-7-13)30(27,28)25-18-20-10-3-11-21-18/h1-11H,12H2,(H,22,26)(H,23,24)(H,20,21,25). The van der Waals surface area contributed by atoms with E-state index in [1.807, 2.05) is 24.3 Å². The molecule has 152 valence electrons. The summed E-state index contributed by atoms with van der Waals surface area (Å²) in [5.74, 6) is -0.0865. The molecule has 11 heteroatoms. The monoisotopic (exact) mass is 440 g/mol. The van der Waals surface area contributed by atoms with Crippen molar-refractivity contribution in [2.24, 2.45) is 0 Å². The van der Waals surface area contributed by atoms with Gasteiger partial charge in [0, 0.05) is 18.1 Å². The quantitative estimate of drug-likeness (QED) is 0.377. The Hall–Kier alpha value is -3.44. The molecule has 30 heavy (non-hydrogen) atoms. The summed E-state index contributed by atoms with van der Waals surface area (Å²) in [5.41, 5.74) is 2.23. The summed E-state index contributed by atoms with van der Waals surface area (Å²) in [7, 11) is -3.82. The van der Waals surface area contributed by atoms with Gasteiger partial charge in [-0.15, -0.1) is 0 Å². The highest BCUT2D eigenvalue weighted by Crippen LogP contribution is 2.20. The fourth-order valence-corrected chi connectivity index (χ4v) is 4.22. The Labute approximate surface area is 176 Å². The highest BCUT2D eigenvalue weighted by Gasteiger charge is 2.15. The average molecular weight is 441 g/mol. The largest absolute Gasteiger partial charge is 0.333 e. The van der Waals surface area contributed by atoms with Crippen molar-refractivity contribution in [1.82, 2.24) is 19.9 Å². The van der Waals surface area contributed by atoms with Crippen LogP contribution in [0.1, 0.15) is 0 Å². The van der Waals surface area contributed by atoms with E-state index < -0.39 is 10.0 Å². The second kappa shape index (κ2) is 8.51. The number of fused-ring (bicyclic) bond motifs is 1. The summed E-state index contributed by atoms with van der Waals surface area (Å²) < 4.78 is 27.0. The van der Waals surface area contributed by atoms with E-state index in [9.17, 15) is 13.2 Å². The summed E-state index contributed by atoms with van der Waals surface area (Å²) >= 11 is 1.28. The Morgan fingerprint density at radius 1 is 1.00 bits per heavy atom. The molecule has 0 saturated heterocycles. The van der Waals surface area contributed by atoms with E-state index in [0.29, 0.717) is 10.8 Å². The molecule has 0 unspecified atom stereocenters. The number of amides is 1. The van der Waals surface area contributed by atoms with Crippen molar-refractivity contribution >= 4 is 50.4 Å². The van der Waals surface area contributed by atoms with Crippen LogP contribution < -0.4 is 10.0 Å². The van der Waals surface area contributed by atoms with E-state index in [-0.39, 0.29) is 22.5 Å². The molecule has 9 nitrogen and oxygen atoms in total. The maximum atomic E-state index is 12.4. The van der Waals surface area contributed by atoms with E-state index in [4.69, 9.17) is 0 Å². The van der Waals surface area contributed by atoms with Crippen LogP contribution in [0, 0.1) is 0 Å². The van der Waals surface area contributed by atoms with E-state index in [1.165, 1.54) is 48.4 Å². The summed E-state index contributed by atoms with van der Waals surface area (Å²) in [4.78, 5) is 27.5. The molecular formula is C19H16N6O3S2. The second-order valence-electron chi connectivity index (χ2n) is 6.10. The van der Waals surface area contributed by atoms with Crippen molar-refractivity contribution in [3.8, 4) is 0 Å². The molecule has 4 rings (SSSR count). The molecule has 0 fully saturated rings. The number of para-hydroxylation sites is 2. The molecule has 4 aromatic rings. The van der Waals surface area contributed by atoms with Crippen LogP contribution in [0.5, 0.6) is 0 Å². The lowest BCUT2D eigenvalue weighted by Gasteiger charge is -2.08. The van der Waals surface area contributed by atoms with E-state index >= 15 is 0 Å². The molecule has 0 spiro atoms. The third-order valence-electron chi connectivity index (χ3n) is 3.95. The van der Waals surface area contributed by atoms with Gasteiger partial charge in [-0.2, -0.15) is 0 Å². The molecule has 1 amide bonds. The minimum Gasteiger partial charge on any atom is -0.333 e. The van der Waals surface area contributed by atoms with Crippen LogP contribution >= 0.6 is 11.8 Å². The van der Waals surface area contributed by atoms with Gasteiger partial charge >= 0.3 is 0 Å². The summed E-state index contributed by atoms with van der Waals surface area (Å²) in [6.45, 7) is 0. The fraction of sp³-hybridized carbons (Fsp3) is 0.0526. The van der Waals surface area contributed by atoms with E-state index in [2.05, 4.69) is 30.0 Å². The smallest absolute Gasteiger partial charge is 0.264 e. The van der Waals surface area contributed by atoms with Crippen molar-refractivity contribution in [3.05, 3.63) is 67.0 Å². The predicted molar refractivity (Wildman–Crippen MR) is 115 cm³/mol. The summed E-state index contributed by atoms with van der Waals surface area (Å²) in [6, 6.07) is 15.0. The van der Waals surface area contributed by atoms with Gasteiger partial charge in [0.05, 0.1) is 21.7 Å². The first kappa shape index (κ1) is 19.9. The van der Waals surface area contributed by atoms with Crippen molar-refractivity contribution in [2.75, 3.05) is 15.8 Å². The van der Waals surface area contributed by atoms with Gasteiger partial charge in [-0.1, -0.05) is 23.9 Å². The Kier molecular flexibility index (Phi) is 5.63. The first-order valence-electron chi connectivity index (χ1n) is 8.77. The Bertz CT molecular complexity index is 1240. The number of nitrogens with one attached hydrogen (secondary N) is 3. The lowest BCUT2D eigenvalue weighted by atomic mass is 10.3. The molecule has 0 aliphatic carbocycles. The van der Waals surface area contributed by atoms with Crippen molar-refractivity contribution in [2.45, 2.75) is 10.1 Å². The lowest BCUT2D eigenvalue weighted by Crippen LogP contribution is -2.16. The van der Waals surface area contributed by atoms with Crippen LogP contribution in [0.4, 0.5) is 11.6 Å². The van der Waals surface area contributed by atoms with Crippen molar-refractivity contribution < 1.29 is 13.2 Å². The number of imidazole rings is 1. The molecule has 0 atom stereocenters. The topological polar surface area (TPSA) is 130 Å². The van der Waals surface area contributed by atoms with Gasteiger partial charge in [0.25, 0.3) is 10.0 Å². The number of aromatic nitrogens is 4. The number of benzene rings is 2. The zero-order chi connectivity index (χ0) is 21.0. The van der Waals surface area contributed by atoms with Crippen molar-refractivity contribution in [1.29, 1.82) is 0 Å². The van der Waals surface area contributed by atoms with Gasteiger partial charge in [0.15, 0.2) is 5.16 Å². The van der Waals surface area contributed by atoms with E-state index in [0.717, 1.165) is 11.0 Å². The zero-order valence-corrected chi connectivity index (χ0v) is 17.1.